The highest BCUT2D eigenvalue weighted by molar-refractivity contribution is 5.65. The molecule has 1 aromatic rings. The first-order valence-electron chi connectivity index (χ1n) is 6.09. The summed E-state index contributed by atoms with van der Waals surface area (Å²) in [5.74, 6) is 0. The van der Waals surface area contributed by atoms with Crippen molar-refractivity contribution in [3.8, 4) is 6.07 Å². The van der Waals surface area contributed by atoms with E-state index in [1.165, 1.54) is 18.2 Å². The number of aliphatic hydroxyl groups excluding tert-OH is 1. The number of hydrogen-bond donors (Lipinski definition) is 2. The molecule has 19 heavy (non-hydrogen) atoms. The smallest absolute Gasteiger partial charge is 0.293 e. The lowest BCUT2D eigenvalue weighted by Gasteiger charge is -2.31. The molecule has 0 atom stereocenters. The van der Waals surface area contributed by atoms with Crippen LogP contribution in [0.25, 0.3) is 0 Å². The van der Waals surface area contributed by atoms with Crippen molar-refractivity contribution in [2.24, 2.45) is 0 Å². The molecule has 0 heterocycles. The van der Waals surface area contributed by atoms with E-state index in [0.717, 1.165) is 0 Å². The molecule has 1 aromatic carbocycles. The third-order valence-electron chi connectivity index (χ3n) is 3.38. The molecule has 0 bridgehead atoms. The van der Waals surface area contributed by atoms with Gasteiger partial charge in [-0.25, -0.2) is 0 Å². The Hall–Kier alpha value is -2.13. The number of nitro groups is 1. The molecule has 0 aliphatic carbocycles. The lowest BCUT2D eigenvalue weighted by molar-refractivity contribution is -0.384. The first-order valence-corrected chi connectivity index (χ1v) is 6.09. The maximum absolute atomic E-state index is 11.0. The zero-order valence-corrected chi connectivity index (χ0v) is 11.0. The van der Waals surface area contributed by atoms with E-state index in [-0.39, 0.29) is 17.9 Å². The van der Waals surface area contributed by atoms with Crippen LogP contribution in [0, 0.1) is 21.4 Å². The molecule has 1 rings (SSSR count). The van der Waals surface area contributed by atoms with E-state index in [1.807, 2.05) is 19.9 Å². The van der Waals surface area contributed by atoms with E-state index >= 15 is 0 Å². The maximum atomic E-state index is 11.0. The second-order valence-corrected chi connectivity index (χ2v) is 4.37. The molecule has 0 unspecified atom stereocenters. The second-order valence-electron chi connectivity index (χ2n) is 4.37. The standard InChI is InChI=1S/C13H17N3O3/c1-3-13(4-2,9-17)15-11-6-5-10(8-14)7-12(11)16(18)19/h5-7,15,17H,3-4,9H2,1-2H3. The van der Waals surface area contributed by atoms with Gasteiger partial charge in [-0.1, -0.05) is 13.8 Å². The average molecular weight is 263 g/mol. The van der Waals surface area contributed by atoms with Gasteiger partial charge >= 0.3 is 0 Å². The number of nitro benzene ring substituents is 1. The summed E-state index contributed by atoms with van der Waals surface area (Å²) < 4.78 is 0. The summed E-state index contributed by atoms with van der Waals surface area (Å²) >= 11 is 0. The van der Waals surface area contributed by atoms with Gasteiger partial charge in [0.25, 0.3) is 5.69 Å². The SMILES string of the molecule is CCC(CC)(CO)Nc1ccc(C#N)cc1[N+](=O)[O-]. The average Bonchev–Trinajstić information content (AvgIpc) is 2.45. The zero-order valence-electron chi connectivity index (χ0n) is 11.0. The third-order valence-corrected chi connectivity index (χ3v) is 3.38. The van der Waals surface area contributed by atoms with Gasteiger partial charge in [-0.3, -0.25) is 10.1 Å². The van der Waals surface area contributed by atoms with Crippen LogP contribution in [0.3, 0.4) is 0 Å². The van der Waals surface area contributed by atoms with Gasteiger partial charge in [-0.15, -0.1) is 0 Å². The van der Waals surface area contributed by atoms with Crippen LogP contribution in [0.5, 0.6) is 0 Å². The Bertz CT molecular complexity index is 496. The largest absolute Gasteiger partial charge is 0.394 e. The van der Waals surface area contributed by atoms with Gasteiger partial charge in [0, 0.05) is 6.07 Å². The molecule has 0 amide bonds. The predicted molar refractivity (Wildman–Crippen MR) is 71.8 cm³/mol. The van der Waals surface area contributed by atoms with Crippen LogP contribution in [0.4, 0.5) is 11.4 Å². The summed E-state index contributed by atoms with van der Waals surface area (Å²) in [6.07, 6.45) is 1.27. The van der Waals surface area contributed by atoms with Crippen molar-refractivity contribution < 1.29 is 10.0 Å². The van der Waals surface area contributed by atoms with Crippen LogP contribution in [0.15, 0.2) is 18.2 Å². The minimum atomic E-state index is -0.584. The summed E-state index contributed by atoms with van der Waals surface area (Å²) in [5.41, 5.74) is -0.181. The molecule has 0 aromatic heterocycles. The minimum Gasteiger partial charge on any atom is -0.394 e. The number of nitrogens with zero attached hydrogens (tertiary/aromatic N) is 2. The molecule has 0 spiro atoms. The van der Waals surface area contributed by atoms with Crippen molar-refractivity contribution in [3.05, 3.63) is 33.9 Å². The van der Waals surface area contributed by atoms with Gasteiger partial charge in [0.2, 0.25) is 0 Å². The van der Waals surface area contributed by atoms with Crippen LogP contribution in [0.1, 0.15) is 32.3 Å². The van der Waals surface area contributed by atoms with Crippen molar-refractivity contribution >= 4 is 11.4 Å². The van der Waals surface area contributed by atoms with Gasteiger partial charge in [0.15, 0.2) is 0 Å². The molecular formula is C13H17N3O3. The van der Waals surface area contributed by atoms with Gasteiger partial charge in [-0.05, 0) is 25.0 Å². The normalized spacial score (nSPS) is 10.8. The molecule has 0 radical (unpaired) electrons. The van der Waals surface area contributed by atoms with E-state index in [9.17, 15) is 15.2 Å². The molecule has 0 aliphatic rings. The van der Waals surface area contributed by atoms with Crippen LogP contribution in [0.2, 0.25) is 0 Å². The summed E-state index contributed by atoms with van der Waals surface area (Å²) in [5, 5.41) is 32.3. The Kier molecular flexibility index (Phi) is 4.84. The lowest BCUT2D eigenvalue weighted by Crippen LogP contribution is -2.41. The Labute approximate surface area is 111 Å². The van der Waals surface area contributed by atoms with E-state index in [4.69, 9.17) is 5.26 Å². The lowest BCUT2D eigenvalue weighted by atomic mass is 9.93. The summed E-state index contributed by atoms with van der Waals surface area (Å²) in [6, 6.07) is 6.13. The number of rotatable bonds is 6. The van der Waals surface area contributed by atoms with Gasteiger partial charge in [-0.2, -0.15) is 5.26 Å². The zero-order chi connectivity index (χ0) is 14.5. The minimum absolute atomic E-state index is 0.114. The van der Waals surface area contributed by atoms with Crippen molar-refractivity contribution in [1.29, 1.82) is 5.26 Å². The van der Waals surface area contributed by atoms with Crippen LogP contribution < -0.4 is 5.32 Å². The van der Waals surface area contributed by atoms with Gasteiger partial charge in [0.1, 0.15) is 5.69 Å². The fourth-order valence-electron chi connectivity index (χ4n) is 1.83. The number of anilines is 1. The first-order chi connectivity index (χ1) is 9.01. The van der Waals surface area contributed by atoms with Gasteiger partial charge < -0.3 is 10.4 Å². The summed E-state index contributed by atoms with van der Waals surface area (Å²) in [4.78, 5) is 10.5. The van der Waals surface area contributed by atoms with Crippen molar-refractivity contribution in [1.82, 2.24) is 0 Å². The molecule has 0 saturated carbocycles. The van der Waals surface area contributed by atoms with E-state index < -0.39 is 10.5 Å². The quantitative estimate of drug-likeness (QED) is 0.606. The monoisotopic (exact) mass is 263 g/mol. The molecule has 2 N–H and O–H groups in total. The number of benzene rings is 1. The molecule has 102 valence electrons. The van der Waals surface area contributed by atoms with Gasteiger partial charge in [0.05, 0.1) is 28.7 Å². The number of nitrogens with one attached hydrogen (secondary N) is 1. The molecule has 6 heteroatoms. The first kappa shape index (κ1) is 14.9. The second kappa shape index (κ2) is 6.16. The number of hydrogen-bond acceptors (Lipinski definition) is 5. The predicted octanol–water partition coefficient (Wildman–Crippen LogP) is 2.43. The van der Waals surface area contributed by atoms with E-state index in [2.05, 4.69) is 5.32 Å². The highest BCUT2D eigenvalue weighted by atomic mass is 16.6. The van der Waals surface area contributed by atoms with Crippen molar-refractivity contribution in [2.75, 3.05) is 11.9 Å². The molecule has 0 aliphatic heterocycles. The topological polar surface area (TPSA) is 99.2 Å². The van der Waals surface area contributed by atoms with Crippen LogP contribution >= 0.6 is 0 Å². The Morgan fingerprint density at radius 3 is 2.53 bits per heavy atom. The number of nitriles is 1. The highest BCUT2D eigenvalue weighted by Gasteiger charge is 2.28. The fourth-order valence-corrected chi connectivity index (χ4v) is 1.83. The van der Waals surface area contributed by atoms with E-state index in [1.54, 1.807) is 0 Å². The fraction of sp³-hybridized carbons (Fsp3) is 0.462. The summed E-state index contributed by atoms with van der Waals surface area (Å²) in [6.45, 7) is 3.70. The highest BCUT2D eigenvalue weighted by Crippen LogP contribution is 2.30. The van der Waals surface area contributed by atoms with Crippen molar-refractivity contribution in [3.63, 3.8) is 0 Å². The Balaban J connectivity index is 3.20. The van der Waals surface area contributed by atoms with Crippen molar-refractivity contribution in [2.45, 2.75) is 32.2 Å². The molecule has 0 fully saturated rings. The number of aliphatic hydroxyl groups is 1. The van der Waals surface area contributed by atoms with E-state index in [0.29, 0.717) is 18.5 Å². The molecule has 6 nitrogen and oxygen atoms in total. The molecule has 0 saturated heterocycles. The summed E-state index contributed by atoms with van der Waals surface area (Å²) in [7, 11) is 0. The Morgan fingerprint density at radius 2 is 2.11 bits per heavy atom. The maximum Gasteiger partial charge on any atom is 0.293 e. The van der Waals surface area contributed by atoms with Crippen LogP contribution in [-0.4, -0.2) is 22.2 Å². The van der Waals surface area contributed by atoms with Crippen LogP contribution in [-0.2, 0) is 0 Å². The molecular weight excluding hydrogens is 246 g/mol. The third kappa shape index (κ3) is 3.20. The Morgan fingerprint density at radius 1 is 1.47 bits per heavy atom.